The van der Waals surface area contributed by atoms with E-state index in [4.69, 9.17) is 26.1 Å². The van der Waals surface area contributed by atoms with Crippen molar-refractivity contribution in [3.63, 3.8) is 0 Å². The number of benzene rings is 2. The predicted molar refractivity (Wildman–Crippen MR) is 205 cm³/mol. The Hall–Kier alpha value is -6.07. The monoisotopic (exact) mass is 783 g/mol. The van der Waals surface area contributed by atoms with Crippen LogP contribution in [0.15, 0.2) is 53.5 Å². The first kappa shape index (κ1) is 36.9. The zero-order valence-corrected chi connectivity index (χ0v) is 31.3. The molecule has 5 amide bonds. The number of aryl methyl sites for hydroxylation is 1. The molecule has 1 unspecified atom stereocenters. The minimum atomic E-state index is -1.00. The topological polar surface area (TPSA) is 197 Å². The number of carbonyl (C=O) groups is 5. The van der Waals surface area contributed by atoms with Crippen molar-refractivity contribution in [3.05, 3.63) is 75.2 Å². The number of amides is 5. The van der Waals surface area contributed by atoms with Crippen LogP contribution in [-0.2, 0) is 26.2 Å². The van der Waals surface area contributed by atoms with E-state index in [9.17, 15) is 28.8 Å². The van der Waals surface area contributed by atoms with Crippen LogP contribution in [0, 0.1) is 0 Å². The van der Waals surface area contributed by atoms with Crippen LogP contribution in [0.5, 0.6) is 5.75 Å². The SMILES string of the molecule is CNC(=O)COc1cc2cc(Nc3nc(N4CCC(OC5CN(c6ccc7c(c6)C(=O)N(C6CCC(=O)NC6=O)C7=O)C5)CC4)ncc3Cl)ccc2n(C)c1=O. The zero-order chi connectivity index (χ0) is 39.2. The van der Waals surface area contributed by atoms with Crippen LogP contribution in [0.3, 0.4) is 0 Å². The molecule has 0 bridgehead atoms. The summed E-state index contributed by atoms with van der Waals surface area (Å²) in [5, 5.41) is 9.00. The molecule has 17 nitrogen and oxygen atoms in total. The highest BCUT2D eigenvalue weighted by Gasteiger charge is 2.45. The lowest BCUT2D eigenvalue weighted by Gasteiger charge is -2.43. The standard InChI is InChI=1S/C38H38ClN9O8/c1-40-32(50)19-55-30-14-20-13-21(3-6-28(20)45(2)37(30)54)42-33-27(39)16-41-38(44-33)46-11-9-23(10-12-46)56-24-17-47(18-24)22-4-5-25-26(15-22)36(53)48(35(25)52)29-7-8-31(49)43-34(29)51/h3-6,13-16,23-24,29H,7-12,17-19H2,1-2H3,(H,40,50)(H,41,42,44)(H,43,49,51). The van der Waals surface area contributed by atoms with Crippen molar-refractivity contribution in [2.24, 2.45) is 7.05 Å². The van der Waals surface area contributed by atoms with Crippen molar-refractivity contribution in [2.75, 3.05) is 55.0 Å². The van der Waals surface area contributed by atoms with Crippen molar-refractivity contribution in [1.82, 2.24) is 30.1 Å². The van der Waals surface area contributed by atoms with Crippen molar-refractivity contribution in [2.45, 2.75) is 43.9 Å². The summed E-state index contributed by atoms with van der Waals surface area (Å²) in [6.45, 7) is 2.33. The Bertz CT molecular complexity index is 2360. The van der Waals surface area contributed by atoms with Gasteiger partial charge in [0.25, 0.3) is 23.3 Å². The Kier molecular flexibility index (Phi) is 9.80. The van der Waals surface area contributed by atoms with E-state index in [0.29, 0.717) is 59.6 Å². The number of pyridine rings is 1. The Morgan fingerprint density at radius 3 is 2.46 bits per heavy atom. The average Bonchev–Trinajstić information content (AvgIpc) is 3.42. The maximum absolute atomic E-state index is 13.3. The summed E-state index contributed by atoms with van der Waals surface area (Å²) >= 11 is 6.52. The van der Waals surface area contributed by atoms with Crippen LogP contribution in [0.25, 0.3) is 10.9 Å². The van der Waals surface area contributed by atoms with Gasteiger partial charge in [0.05, 0.1) is 35.0 Å². The van der Waals surface area contributed by atoms with E-state index < -0.39 is 29.7 Å². The molecule has 0 saturated carbocycles. The van der Waals surface area contributed by atoms with Gasteiger partial charge in [-0.25, -0.2) is 4.98 Å². The molecule has 1 atom stereocenters. The second-order valence-electron chi connectivity index (χ2n) is 14.1. The van der Waals surface area contributed by atoms with E-state index in [-0.39, 0.29) is 60.0 Å². The summed E-state index contributed by atoms with van der Waals surface area (Å²) in [5.74, 6) is -1.45. The van der Waals surface area contributed by atoms with Crippen LogP contribution in [0.4, 0.5) is 23.1 Å². The first-order valence-electron chi connectivity index (χ1n) is 18.2. The molecule has 3 N–H and O–H groups in total. The minimum absolute atomic E-state index is 0.00236. The highest BCUT2D eigenvalue weighted by Crippen LogP contribution is 2.34. The van der Waals surface area contributed by atoms with Gasteiger partial charge in [-0.15, -0.1) is 0 Å². The van der Waals surface area contributed by atoms with Crippen molar-refractivity contribution in [3.8, 4) is 5.75 Å². The fraction of sp³-hybridized carbons (Fsp3) is 0.368. The van der Waals surface area contributed by atoms with Crippen molar-refractivity contribution < 1.29 is 33.4 Å². The summed E-state index contributed by atoms with van der Waals surface area (Å²) in [6, 6.07) is 11.2. The molecule has 6 heterocycles. The molecule has 0 aliphatic carbocycles. The van der Waals surface area contributed by atoms with E-state index in [0.717, 1.165) is 23.4 Å². The molecule has 56 heavy (non-hydrogen) atoms. The highest BCUT2D eigenvalue weighted by molar-refractivity contribution is 6.33. The largest absolute Gasteiger partial charge is 0.478 e. The lowest BCUT2D eigenvalue weighted by molar-refractivity contribution is -0.136. The van der Waals surface area contributed by atoms with Crippen molar-refractivity contribution >= 4 is 75.2 Å². The van der Waals surface area contributed by atoms with Gasteiger partial charge >= 0.3 is 0 Å². The second kappa shape index (κ2) is 14.9. The number of halogens is 1. The minimum Gasteiger partial charge on any atom is -0.478 e. The van der Waals surface area contributed by atoms with Crippen LogP contribution in [0.2, 0.25) is 5.02 Å². The third-order valence-electron chi connectivity index (χ3n) is 10.6. The van der Waals surface area contributed by atoms with Crippen LogP contribution < -0.4 is 36.0 Å². The molecule has 4 aliphatic rings. The van der Waals surface area contributed by atoms with Gasteiger partial charge in [-0.2, -0.15) is 4.98 Å². The van der Waals surface area contributed by atoms with Gasteiger partial charge in [-0.1, -0.05) is 11.6 Å². The number of hydrogen-bond acceptors (Lipinski definition) is 13. The predicted octanol–water partition coefficient (Wildman–Crippen LogP) is 2.13. The summed E-state index contributed by atoms with van der Waals surface area (Å²) < 4.78 is 13.4. The number of nitrogens with one attached hydrogen (secondary N) is 3. The Balaban J connectivity index is 0.850. The fourth-order valence-corrected chi connectivity index (χ4v) is 7.58. The molecule has 4 aliphatic heterocycles. The number of carbonyl (C=O) groups excluding carboxylic acids is 5. The molecule has 2 aromatic heterocycles. The van der Waals surface area contributed by atoms with Gasteiger partial charge in [0.15, 0.2) is 18.2 Å². The number of piperidine rings is 2. The van der Waals surface area contributed by atoms with E-state index in [1.165, 1.54) is 11.6 Å². The lowest BCUT2D eigenvalue weighted by Crippen LogP contribution is -2.54. The quantitative estimate of drug-likeness (QED) is 0.198. The zero-order valence-electron chi connectivity index (χ0n) is 30.5. The summed E-state index contributed by atoms with van der Waals surface area (Å²) in [6.07, 6.45) is 3.32. The van der Waals surface area contributed by atoms with Gasteiger partial charge in [-0.05, 0) is 61.7 Å². The van der Waals surface area contributed by atoms with Gasteiger partial charge in [0.2, 0.25) is 17.8 Å². The Morgan fingerprint density at radius 1 is 0.946 bits per heavy atom. The number of fused-ring (bicyclic) bond motifs is 2. The van der Waals surface area contributed by atoms with E-state index in [2.05, 4.69) is 30.7 Å². The maximum Gasteiger partial charge on any atom is 0.293 e. The number of hydrogen-bond donors (Lipinski definition) is 3. The number of nitrogens with zero attached hydrogens (tertiary/aromatic N) is 6. The van der Waals surface area contributed by atoms with Gasteiger partial charge < -0.3 is 34.5 Å². The number of ether oxygens (including phenoxy) is 2. The van der Waals surface area contributed by atoms with E-state index >= 15 is 0 Å². The molecule has 3 fully saturated rings. The molecule has 2 aromatic carbocycles. The number of imide groups is 2. The maximum atomic E-state index is 13.3. The van der Waals surface area contributed by atoms with E-state index in [1.54, 1.807) is 43.6 Å². The third kappa shape index (κ3) is 6.99. The molecule has 8 rings (SSSR count). The number of likely N-dealkylation sites (N-methyl/N-ethyl adjacent to an activating group) is 1. The molecule has 290 valence electrons. The van der Waals surface area contributed by atoms with Gasteiger partial charge in [0.1, 0.15) is 11.1 Å². The number of aromatic nitrogens is 3. The summed E-state index contributed by atoms with van der Waals surface area (Å²) in [4.78, 5) is 89.1. The van der Waals surface area contributed by atoms with Gasteiger partial charge in [-0.3, -0.25) is 39.0 Å². The number of rotatable bonds is 10. The lowest BCUT2D eigenvalue weighted by atomic mass is 10.0. The smallest absolute Gasteiger partial charge is 0.293 e. The summed E-state index contributed by atoms with van der Waals surface area (Å²) in [5.41, 5.74) is 2.29. The second-order valence-corrected chi connectivity index (χ2v) is 14.5. The number of anilines is 4. The summed E-state index contributed by atoms with van der Waals surface area (Å²) in [7, 11) is 3.13. The first-order valence-corrected chi connectivity index (χ1v) is 18.6. The molecular weight excluding hydrogens is 746 g/mol. The molecule has 0 spiro atoms. The Labute approximate surface area is 324 Å². The molecular formula is C38H38ClN9O8. The highest BCUT2D eigenvalue weighted by atomic mass is 35.5. The Morgan fingerprint density at radius 2 is 1.71 bits per heavy atom. The normalized spacial score (nSPS) is 18.9. The van der Waals surface area contributed by atoms with Crippen LogP contribution in [0.1, 0.15) is 46.4 Å². The van der Waals surface area contributed by atoms with Gasteiger partial charge in [0, 0.05) is 63.5 Å². The average molecular weight is 784 g/mol. The van der Waals surface area contributed by atoms with Crippen LogP contribution in [-0.4, -0.2) is 107 Å². The molecule has 0 radical (unpaired) electrons. The fourth-order valence-electron chi connectivity index (χ4n) is 7.44. The van der Waals surface area contributed by atoms with Crippen LogP contribution >= 0.6 is 11.6 Å². The first-order chi connectivity index (χ1) is 27.0. The third-order valence-corrected chi connectivity index (χ3v) is 10.8. The molecule has 4 aromatic rings. The molecule has 18 heteroatoms. The van der Waals surface area contributed by atoms with Crippen molar-refractivity contribution in [1.29, 1.82) is 0 Å². The molecule has 3 saturated heterocycles. The van der Waals surface area contributed by atoms with E-state index in [1.807, 2.05) is 12.1 Å².